The standard InChI is InChI=1S/C18H19BrN2O3/c1-13-5-4-6-14(11-13)24-10-9-17(22)20-12-18(23)21-16-8-3-2-7-15(16)19/h2-8,11H,9-10,12H2,1H3,(H,20,22)(H,21,23). The molecule has 2 rings (SSSR count). The number of rotatable bonds is 7. The van der Waals surface area contributed by atoms with Gasteiger partial charge < -0.3 is 15.4 Å². The van der Waals surface area contributed by atoms with Crippen molar-refractivity contribution < 1.29 is 14.3 Å². The van der Waals surface area contributed by atoms with Crippen molar-refractivity contribution in [3.8, 4) is 5.75 Å². The zero-order chi connectivity index (χ0) is 17.4. The summed E-state index contributed by atoms with van der Waals surface area (Å²) in [5, 5.41) is 5.30. The number of benzene rings is 2. The van der Waals surface area contributed by atoms with Crippen molar-refractivity contribution in [2.24, 2.45) is 0 Å². The van der Waals surface area contributed by atoms with Gasteiger partial charge in [-0.25, -0.2) is 0 Å². The van der Waals surface area contributed by atoms with Crippen LogP contribution >= 0.6 is 15.9 Å². The number of nitrogens with one attached hydrogen (secondary N) is 2. The number of hydrogen-bond donors (Lipinski definition) is 2. The average Bonchev–Trinajstić information content (AvgIpc) is 2.55. The molecule has 0 aliphatic carbocycles. The van der Waals surface area contributed by atoms with E-state index < -0.39 is 0 Å². The SMILES string of the molecule is Cc1cccc(OCCC(=O)NCC(=O)Nc2ccccc2Br)c1. The number of ether oxygens (including phenoxy) is 1. The Kier molecular flexibility index (Phi) is 6.81. The summed E-state index contributed by atoms with van der Waals surface area (Å²) in [5.41, 5.74) is 1.76. The molecule has 0 aliphatic heterocycles. The second-order valence-corrected chi connectivity index (χ2v) is 6.07. The maximum absolute atomic E-state index is 11.8. The predicted octanol–water partition coefficient (Wildman–Crippen LogP) is 3.28. The van der Waals surface area contributed by atoms with Crippen molar-refractivity contribution in [3.63, 3.8) is 0 Å². The molecule has 0 heterocycles. The van der Waals surface area contributed by atoms with Crippen LogP contribution in [0.3, 0.4) is 0 Å². The summed E-state index contributed by atoms with van der Waals surface area (Å²) in [7, 11) is 0. The number of hydrogen-bond acceptors (Lipinski definition) is 3. The molecule has 2 aromatic carbocycles. The number of carbonyl (C=O) groups is 2. The smallest absolute Gasteiger partial charge is 0.243 e. The highest BCUT2D eigenvalue weighted by Crippen LogP contribution is 2.20. The van der Waals surface area contributed by atoms with Crippen molar-refractivity contribution in [1.82, 2.24) is 5.32 Å². The van der Waals surface area contributed by atoms with Gasteiger partial charge in [-0.1, -0.05) is 24.3 Å². The molecule has 0 spiro atoms. The molecule has 6 heteroatoms. The lowest BCUT2D eigenvalue weighted by molar-refractivity contribution is -0.124. The van der Waals surface area contributed by atoms with Gasteiger partial charge in [0.1, 0.15) is 5.75 Å². The molecule has 0 radical (unpaired) electrons. The number of anilines is 1. The van der Waals surface area contributed by atoms with Gasteiger partial charge in [-0.2, -0.15) is 0 Å². The van der Waals surface area contributed by atoms with Crippen LogP contribution in [0.5, 0.6) is 5.75 Å². The molecule has 0 saturated heterocycles. The van der Waals surface area contributed by atoms with E-state index in [1.807, 2.05) is 49.4 Å². The molecule has 0 fully saturated rings. The second kappa shape index (κ2) is 9.08. The van der Waals surface area contributed by atoms with Crippen molar-refractivity contribution >= 4 is 33.4 Å². The first-order chi connectivity index (χ1) is 11.5. The third-order valence-electron chi connectivity index (χ3n) is 3.18. The molecule has 0 saturated carbocycles. The molecule has 2 N–H and O–H groups in total. The second-order valence-electron chi connectivity index (χ2n) is 5.22. The predicted molar refractivity (Wildman–Crippen MR) is 97.1 cm³/mol. The Bertz CT molecular complexity index is 719. The third kappa shape index (κ3) is 6.04. The van der Waals surface area contributed by atoms with Crippen molar-refractivity contribution in [1.29, 1.82) is 0 Å². The van der Waals surface area contributed by atoms with Crippen molar-refractivity contribution in [3.05, 3.63) is 58.6 Å². The highest BCUT2D eigenvalue weighted by Gasteiger charge is 2.08. The van der Waals surface area contributed by atoms with Crippen LogP contribution in [0.2, 0.25) is 0 Å². The summed E-state index contributed by atoms with van der Waals surface area (Å²) in [6.45, 7) is 2.16. The van der Waals surface area contributed by atoms with Gasteiger partial charge >= 0.3 is 0 Å². The van der Waals surface area contributed by atoms with Crippen LogP contribution in [0.15, 0.2) is 53.0 Å². The minimum atomic E-state index is -0.283. The van der Waals surface area contributed by atoms with Gasteiger partial charge in [-0.3, -0.25) is 9.59 Å². The quantitative estimate of drug-likeness (QED) is 0.761. The van der Waals surface area contributed by atoms with Gasteiger partial charge in [0.2, 0.25) is 11.8 Å². The van der Waals surface area contributed by atoms with Gasteiger partial charge in [0, 0.05) is 4.47 Å². The first-order valence-corrected chi connectivity index (χ1v) is 8.34. The zero-order valence-electron chi connectivity index (χ0n) is 13.3. The normalized spacial score (nSPS) is 10.1. The fraction of sp³-hybridized carbons (Fsp3) is 0.222. The number of amides is 2. The summed E-state index contributed by atoms with van der Waals surface area (Å²) in [5.74, 6) is 0.217. The first kappa shape index (κ1) is 18.0. The molecule has 0 unspecified atom stereocenters. The number of carbonyl (C=O) groups excluding carboxylic acids is 2. The van der Waals surface area contributed by atoms with E-state index in [1.54, 1.807) is 6.07 Å². The number of para-hydroxylation sites is 1. The highest BCUT2D eigenvalue weighted by atomic mass is 79.9. The summed E-state index contributed by atoms with van der Waals surface area (Å²) in [4.78, 5) is 23.6. The Morgan fingerprint density at radius 3 is 2.62 bits per heavy atom. The zero-order valence-corrected chi connectivity index (χ0v) is 14.9. The molecule has 24 heavy (non-hydrogen) atoms. The summed E-state index contributed by atoms with van der Waals surface area (Å²) >= 11 is 3.35. The number of halogens is 1. The third-order valence-corrected chi connectivity index (χ3v) is 3.87. The van der Waals surface area contributed by atoms with E-state index in [1.165, 1.54) is 0 Å². The fourth-order valence-corrected chi connectivity index (χ4v) is 2.37. The van der Waals surface area contributed by atoms with Crippen molar-refractivity contribution in [2.45, 2.75) is 13.3 Å². The first-order valence-electron chi connectivity index (χ1n) is 7.55. The Balaban J connectivity index is 1.67. The Labute approximate surface area is 149 Å². The molecule has 0 aliphatic rings. The highest BCUT2D eigenvalue weighted by molar-refractivity contribution is 9.10. The monoisotopic (exact) mass is 390 g/mol. The maximum atomic E-state index is 11.8. The van der Waals surface area contributed by atoms with Gasteiger partial charge in [-0.05, 0) is 52.7 Å². The molecular weight excluding hydrogens is 372 g/mol. The van der Waals surface area contributed by atoms with Crippen LogP contribution in [0.4, 0.5) is 5.69 Å². The van der Waals surface area contributed by atoms with Crippen LogP contribution < -0.4 is 15.4 Å². The van der Waals surface area contributed by atoms with E-state index in [9.17, 15) is 9.59 Å². The van der Waals surface area contributed by atoms with Gasteiger partial charge in [0.15, 0.2) is 0 Å². The number of aryl methyl sites for hydroxylation is 1. The Morgan fingerprint density at radius 2 is 1.88 bits per heavy atom. The molecule has 126 valence electrons. The largest absolute Gasteiger partial charge is 0.493 e. The Hall–Kier alpha value is -2.34. The maximum Gasteiger partial charge on any atom is 0.243 e. The summed E-state index contributed by atoms with van der Waals surface area (Å²) in [6, 6.07) is 14.9. The lowest BCUT2D eigenvalue weighted by Crippen LogP contribution is -2.33. The van der Waals surface area contributed by atoms with Crippen LogP contribution in [0.25, 0.3) is 0 Å². The molecule has 2 aromatic rings. The van der Waals surface area contributed by atoms with E-state index in [-0.39, 0.29) is 31.4 Å². The van der Waals surface area contributed by atoms with Crippen molar-refractivity contribution in [2.75, 3.05) is 18.5 Å². The summed E-state index contributed by atoms with van der Waals surface area (Å²) in [6.07, 6.45) is 0.191. The molecule has 2 amide bonds. The van der Waals surface area contributed by atoms with Gasteiger partial charge in [0.25, 0.3) is 0 Å². The average molecular weight is 391 g/mol. The molecule has 5 nitrogen and oxygen atoms in total. The molecule has 0 bridgehead atoms. The van der Waals surface area contributed by atoms with E-state index >= 15 is 0 Å². The van der Waals surface area contributed by atoms with Crippen LogP contribution in [0.1, 0.15) is 12.0 Å². The van der Waals surface area contributed by atoms with E-state index in [4.69, 9.17) is 4.74 Å². The fourth-order valence-electron chi connectivity index (χ4n) is 1.99. The lowest BCUT2D eigenvalue weighted by atomic mass is 10.2. The van der Waals surface area contributed by atoms with E-state index in [0.29, 0.717) is 5.69 Å². The lowest BCUT2D eigenvalue weighted by Gasteiger charge is -2.09. The van der Waals surface area contributed by atoms with E-state index in [0.717, 1.165) is 15.8 Å². The molecule has 0 aromatic heterocycles. The van der Waals surface area contributed by atoms with E-state index in [2.05, 4.69) is 26.6 Å². The van der Waals surface area contributed by atoms with Crippen LogP contribution in [-0.2, 0) is 9.59 Å². The topological polar surface area (TPSA) is 67.4 Å². The van der Waals surface area contributed by atoms with Gasteiger partial charge in [0.05, 0.1) is 25.3 Å². The van der Waals surface area contributed by atoms with Crippen LogP contribution in [0, 0.1) is 6.92 Å². The Morgan fingerprint density at radius 1 is 1.08 bits per heavy atom. The minimum absolute atomic E-state index is 0.0788. The molecule has 0 atom stereocenters. The van der Waals surface area contributed by atoms with Gasteiger partial charge in [-0.15, -0.1) is 0 Å². The molecular formula is C18H19BrN2O3. The summed E-state index contributed by atoms with van der Waals surface area (Å²) < 4.78 is 6.30. The minimum Gasteiger partial charge on any atom is -0.493 e. The van der Waals surface area contributed by atoms with Crippen LogP contribution in [-0.4, -0.2) is 25.0 Å².